The van der Waals surface area contributed by atoms with Crippen LogP contribution in [0.4, 0.5) is 0 Å². The Balaban J connectivity index is 2.07. The van der Waals surface area contributed by atoms with E-state index in [0.29, 0.717) is 13.2 Å². The molecule has 0 aliphatic carbocycles. The Labute approximate surface area is 111 Å². The molecule has 1 aromatic carbocycles. The summed E-state index contributed by atoms with van der Waals surface area (Å²) < 4.78 is 11.2. The number of benzene rings is 1. The van der Waals surface area contributed by atoms with Crippen LogP contribution >= 0.6 is 0 Å². The molecule has 0 heterocycles. The van der Waals surface area contributed by atoms with E-state index in [2.05, 4.69) is 31.7 Å². The lowest BCUT2D eigenvalue weighted by Gasteiger charge is -2.17. The van der Waals surface area contributed by atoms with Crippen LogP contribution in [0.1, 0.15) is 19.4 Å². The fourth-order valence-corrected chi connectivity index (χ4v) is 1.76. The van der Waals surface area contributed by atoms with Gasteiger partial charge in [0.05, 0.1) is 13.2 Å². The quantitative estimate of drug-likeness (QED) is 0.630. The molecule has 1 rings (SSSR count). The molecule has 0 amide bonds. The van der Waals surface area contributed by atoms with Gasteiger partial charge in [0.2, 0.25) is 0 Å². The molecule has 0 saturated carbocycles. The number of hydrogen-bond acceptors (Lipinski definition) is 3. The largest absolute Gasteiger partial charge is 0.491 e. The maximum Gasteiger partial charge on any atom is 0.122 e. The molecule has 0 bridgehead atoms. The number of nitrogens with zero attached hydrogens (tertiary/aromatic N) is 1. The molecule has 0 fully saturated rings. The van der Waals surface area contributed by atoms with Crippen LogP contribution in [0.15, 0.2) is 24.3 Å². The number of likely N-dealkylation sites (N-methyl/N-ethyl adjacent to an activating group) is 1. The summed E-state index contributed by atoms with van der Waals surface area (Å²) in [4.78, 5) is 2.35. The molecule has 0 N–H and O–H groups in total. The molecule has 18 heavy (non-hydrogen) atoms. The van der Waals surface area contributed by atoms with Crippen molar-refractivity contribution < 1.29 is 9.47 Å². The molecule has 1 aromatic rings. The fraction of sp³-hybridized carbons (Fsp3) is 0.600. The van der Waals surface area contributed by atoms with E-state index in [1.807, 2.05) is 18.2 Å². The van der Waals surface area contributed by atoms with Crippen LogP contribution in [0.25, 0.3) is 0 Å². The van der Waals surface area contributed by atoms with Crippen LogP contribution < -0.4 is 4.74 Å². The molecule has 3 heteroatoms. The minimum absolute atomic E-state index is 0.614. The molecule has 102 valence electrons. The SMILES string of the molecule is CCN(CC)CCOCCOc1ccccc1C. The molecule has 0 aromatic heterocycles. The van der Waals surface area contributed by atoms with Crippen molar-refractivity contribution in [3.8, 4) is 5.75 Å². The Bertz CT molecular complexity index is 324. The Morgan fingerprint density at radius 2 is 1.72 bits per heavy atom. The number of aryl methyl sites for hydroxylation is 1. The topological polar surface area (TPSA) is 21.7 Å². The molecule has 0 aliphatic heterocycles. The maximum absolute atomic E-state index is 5.66. The monoisotopic (exact) mass is 251 g/mol. The minimum atomic E-state index is 0.614. The van der Waals surface area contributed by atoms with Gasteiger partial charge in [0, 0.05) is 6.54 Å². The van der Waals surface area contributed by atoms with Crippen molar-refractivity contribution in [2.24, 2.45) is 0 Å². The van der Waals surface area contributed by atoms with Gasteiger partial charge in [-0.15, -0.1) is 0 Å². The van der Waals surface area contributed by atoms with Gasteiger partial charge in [0.25, 0.3) is 0 Å². The summed E-state index contributed by atoms with van der Waals surface area (Å²) in [6.07, 6.45) is 0. The molecule has 0 aliphatic rings. The van der Waals surface area contributed by atoms with Gasteiger partial charge in [0.15, 0.2) is 0 Å². The van der Waals surface area contributed by atoms with E-state index in [-0.39, 0.29) is 0 Å². The van der Waals surface area contributed by atoms with E-state index in [4.69, 9.17) is 9.47 Å². The lowest BCUT2D eigenvalue weighted by molar-refractivity contribution is 0.0817. The third kappa shape index (κ3) is 5.52. The van der Waals surface area contributed by atoms with Crippen molar-refractivity contribution in [3.63, 3.8) is 0 Å². The third-order valence-electron chi connectivity index (χ3n) is 3.03. The molecular formula is C15H25NO2. The highest BCUT2D eigenvalue weighted by Gasteiger charge is 1.99. The zero-order valence-corrected chi connectivity index (χ0v) is 11.8. The second-order valence-electron chi connectivity index (χ2n) is 4.25. The second-order valence-corrected chi connectivity index (χ2v) is 4.25. The van der Waals surface area contributed by atoms with E-state index in [0.717, 1.165) is 32.0 Å². The van der Waals surface area contributed by atoms with E-state index >= 15 is 0 Å². The Morgan fingerprint density at radius 1 is 1.00 bits per heavy atom. The minimum Gasteiger partial charge on any atom is -0.491 e. The van der Waals surface area contributed by atoms with Crippen LogP contribution in [0.2, 0.25) is 0 Å². The fourth-order valence-electron chi connectivity index (χ4n) is 1.76. The predicted octanol–water partition coefficient (Wildman–Crippen LogP) is 2.73. The smallest absolute Gasteiger partial charge is 0.122 e. The van der Waals surface area contributed by atoms with Crippen LogP contribution in [-0.4, -0.2) is 44.4 Å². The van der Waals surface area contributed by atoms with Gasteiger partial charge in [-0.3, -0.25) is 0 Å². The van der Waals surface area contributed by atoms with Crippen molar-refractivity contribution in [1.29, 1.82) is 0 Å². The summed E-state index contributed by atoms with van der Waals surface area (Å²) in [6.45, 7) is 11.6. The average Bonchev–Trinajstić information content (AvgIpc) is 2.40. The predicted molar refractivity (Wildman–Crippen MR) is 75.3 cm³/mol. The first-order chi connectivity index (χ1) is 8.77. The van der Waals surface area contributed by atoms with E-state index in [9.17, 15) is 0 Å². The van der Waals surface area contributed by atoms with Gasteiger partial charge in [-0.25, -0.2) is 0 Å². The summed E-state index contributed by atoms with van der Waals surface area (Å²) in [7, 11) is 0. The standard InChI is InChI=1S/C15H25NO2/c1-4-16(5-2)10-11-17-12-13-18-15-9-7-6-8-14(15)3/h6-9H,4-5,10-13H2,1-3H3. The molecule has 0 saturated heterocycles. The molecule has 0 atom stereocenters. The highest BCUT2D eigenvalue weighted by Crippen LogP contribution is 2.15. The Morgan fingerprint density at radius 3 is 2.39 bits per heavy atom. The average molecular weight is 251 g/mol. The van der Waals surface area contributed by atoms with Gasteiger partial charge in [-0.05, 0) is 31.6 Å². The first kappa shape index (κ1) is 15.0. The first-order valence-corrected chi connectivity index (χ1v) is 6.76. The Hall–Kier alpha value is -1.06. The van der Waals surface area contributed by atoms with E-state index < -0.39 is 0 Å². The third-order valence-corrected chi connectivity index (χ3v) is 3.03. The summed E-state index contributed by atoms with van der Waals surface area (Å²) in [5.74, 6) is 0.949. The van der Waals surface area contributed by atoms with Crippen molar-refractivity contribution in [2.45, 2.75) is 20.8 Å². The van der Waals surface area contributed by atoms with Crippen molar-refractivity contribution >= 4 is 0 Å². The molecule has 0 radical (unpaired) electrons. The summed E-state index contributed by atoms with van der Waals surface area (Å²) in [5, 5.41) is 0. The summed E-state index contributed by atoms with van der Waals surface area (Å²) >= 11 is 0. The van der Waals surface area contributed by atoms with Crippen LogP contribution in [0.3, 0.4) is 0 Å². The summed E-state index contributed by atoms with van der Waals surface area (Å²) in [5.41, 5.74) is 1.17. The van der Waals surface area contributed by atoms with Crippen molar-refractivity contribution in [3.05, 3.63) is 29.8 Å². The normalized spacial score (nSPS) is 10.9. The molecule has 0 spiro atoms. The van der Waals surface area contributed by atoms with Gasteiger partial charge in [-0.2, -0.15) is 0 Å². The first-order valence-electron chi connectivity index (χ1n) is 6.76. The van der Waals surface area contributed by atoms with E-state index in [1.54, 1.807) is 0 Å². The van der Waals surface area contributed by atoms with Gasteiger partial charge in [0.1, 0.15) is 12.4 Å². The number of hydrogen-bond donors (Lipinski definition) is 0. The number of para-hydroxylation sites is 1. The molecule has 3 nitrogen and oxygen atoms in total. The van der Waals surface area contributed by atoms with Gasteiger partial charge < -0.3 is 14.4 Å². The van der Waals surface area contributed by atoms with Crippen LogP contribution in [0.5, 0.6) is 5.75 Å². The zero-order valence-electron chi connectivity index (χ0n) is 11.8. The maximum atomic E-state index is 5.66. The zero-order chi connectivity index (χ0) is 13.2. The van der Waals surface area contributed by atoms with Gasteiger partial charge in [-0.1, -0.05) is 32.0 Å². The number of ether oxygens (including phenoxy) is 2. The van der Waals surface area contributed by atoms with Crippen molar-refractivity contribution in [1.82, 2.24) is 4.90 Å². The van der Waals surface area contributed by atoms with Gasteiger partial charge >= 0.3 is 0 Å². The summed E-state index contributed by atoms with van der Waals surface area (Å²) in [6, 6.07) is 8.05. The van der Waals surface area contributed by atoms with Crippen LogP contribution in [0, 0.1) is 6.92 Å². The Kier molecular flexibility index (Phi) is 7.46. The van der Waals surface area contributed by atoms with E-state index in [1.165, 1.54) is 5.56 Å². The lowest BCUT2D eigenvalue weighted by atomic mass is 10.2. The number of rotatable bonds is 9. The van der Waals surface area contributed by atoms with Crippen molar-refractivity contribution in [2.75, 3.05) is 39.5 Å². The molecular weight excluding hydrogens is 226 g/mol. The second kappa shape index (κ2) is 8.95. The highest BCUT2D eigenvalue weighted by molar-refractivity contribution is 5.31. The van der Waals surface area contributed by atoms with Crippen LogP contribution in [-0.2, 0) is 4.74 Å². The highest BCUT2D eigenvalue weighted by atomic mass is 16.5. The lowest BCUT2D eigenvalue weighted by Crippen LogP contribution is -2.27. The molecule has 0 unspecified atom stereocenters.